The summed E-state index contributed by atoms with van der Waals surface area (Å²) in [4.78, 5) is 22.7. The van der Waals surface area contributed by atoms with Crippen LogP contribution < -0.4 is 11.1 Å². The summed E-state index contributed by atoms with van der Waals surface area (Å²) >= 11 is 6.04. The first-order valence-electron chi connectivity index (χ1n) is 11.0. The van der Waals surface area contributed by atoms with Crippen molar-refractivity contribution in [1.82, 2.24) is 5.32 Å². The number of anilines is 1. The molecule has 0 fully saturated rings. The number of halogens is 1. The van der Waals surface area contributed by atoms with Crippen LogP contribution in [0.2, 0.25) is 5.02 Å². The van der Waals surface area contributed by atoms with Crippen LogP contribution in [-0.4, -0.2) is 40.5 Å². The maximum absolute atomic E-state index is 12.3. The normalized spacial score (nSPS) is 14.0. The summed E-state index contributed by atoms with van der Waals surface area (Å²) in [5, 5.41) is 34.4. The van der Waals surface area contributed by atoms with Crippen molar-refractivity contribution >= 4 is 29.1 Å². The minimum absolute atomic E-state index is 0.00356. The first-order valence-corrected chi connectivity index (χ1v) is 11.3. The summed E-state index contributed by atoms with van der Waals surface area (Å²) in [6.45, 7) is 0.152. The largest absolute Gasteiger partial charge is 0.449 e. The van der Waals surface area contributed by atoms with E-state index in [-0.39, 0.29) is 41.8 Å². The Balaban J connectivity index is 1.31. The van der Waals surface area contributed by atoms with Crippen molar-refractivity contribution in [2.45, 2.75) is 24.5 Å². The fourth-order valence-electron chi connectivity index (χ4n) is 4.31. The molecule has 0 bridgehead atoms. The standard InChI is InChI=1S/C25H24ClN3O6/c26-20-12-21(27)22(29(33)34)11-18(20)24(31)23(30)9-10-28-25(32)35-13-19-16-7-3-1-5-14(16)15-6-2-4-8-17(15)19/h1-8,11-12,19,23-24,30-31H,9-10,13,27H2,(H,28,32). The summed E-state index contributed by atoms with van der Waals surface area (Å²) in [5.74, 6) is -0.0796. The van der Waals surface area contributed by atoms with Gasteiger partial charge in [-0.25, -0.2) is 4.79 Å². The second-order valence-electron chi connectivity index (χ2n) is 8.24. The number of aliphatic hydroxyl groups is 2. The van der Waals surface area contributed by atoms with Crippen molar-refractivity contribution in [2.24, 2.45) is 0 Å². The van der Waals surface area contributed by atoms with Gasteiger partial charge in [0.05, 0.1) is 11.0 Å². The van der Waals surface area contributed by atoms with Gasteiger partial charge in [0.2, 0.25) is 0 Å². The third-order valence-electron chi connectivity index (χ3n) is 6.08. The predicted molar refractivity (Wildman–Crippen MR) is 131 cm³/mol. The zero-order chi connectivity index (χ0) is 25.1. The van der Waals surface area contributed by atoms with Gasteiger partial charge in [0.15, 0.2) is 0 Å². The van der Waals surface area contributed by atoms with Crippen molar-refractivity contribution in [3.8, 4) is 11.1 Å². The van der Waals surface area contributed by atoms with E-state index >= 15 is 0 Å². The number of carbonyl (C=O) groups is 1. The molecule has 0 saturated carbocycles. The fraction of sp³-hybridized carbons (Fsp3) is 0.240. The lowest BCUT2D eigenvalue weighted by atomic mass is 9.98. The van der Waals surface area contributed by atoms with Crippen LogP contribution in [0.3, 0.4) is 0 Å². The van der Waals surface area contributed by atoms with Gasteiger partial charge in [0.25, 0.3) is 5.69 Å². The number of fused-ring (bicyclic) bond motifs is 3. The molecule has 2 unspecified atom stereocenters. The number of alkyl carbamates (subject to hydrolysis) is 1. The van der Waals surface area contributed by atoms with E-state index in [1.165, 1.54) is 0 Å². The van der Waals surface area contributed by atoms with E-state index in [1.54, 1.807) is 0 Å². The van der Waals surface area contributed by atoms with Crippen LogP contribution in [0.25, 0.3) is 11.1 Å². The Kier molecular flexibility index (Phi) is 7.20. The Bertz CT molecular complexity index is 1220. The van der Waals surface area contributed by atoms with Gasteiger partial charge in [-0.1, -0.05) is 60.1 Å². The summed E-state index contributed by atoms with van der Waals surface area (Å²) in [7, 11) is 0. The Morgan fingerprint density at radius 2 is 1.71 bits per heavy atom. The molecule has 0 aromatic heterocycles. The lowest BCUT2D eigenvalue weighted by Crippen LogP contribution is -2.30. The highest BCUT2D eigenvalue weighted by Crippen LogP contribution is 2.44. The topological polar surface area (TPSA) is 148 Å². The van der Waals surface area contributed by atoms with Gasteiger partial charge >= 0.3 is 6.09 Å². The molecule has 4 rings (SSSR count). The van der Waals surface area contributed by atoms with Crippen molar-refractivity contribution < 1.29 is 24.7 Å². The second-order valence-corrected chi connectivity index (χ2v) is 8.65. The Morgan fingerprint density at radius 3 is 2.31 bits per heavy atom. The third kappa shape index (κ3) is 5.07. The summed E-state index contributed by atoms with van der Waals surface area (Å²) in [5.41, 5.74) is 9.40. The maximum atomic E-state index is 12.3. The number of carbonyl (C=O) groups excluding carboxylic acids is 1. The lowest BCUT2D eigenvalue weighted by Gasteiger charge is -2.20. The Hall–Kier alpha value is -3.66. The fourth-order valence-corrected chi connectivity index (χ4v) is 4.60. The second kappa shape index (κ2) is 10.3. The van der Waals surface area contributed by atoms with Crippen LogP contribution in [-0.2, 0) is 4.74 Å². The number of benzene rings is 3. The summed E-state index contributed by atoms with van der Waals surface area (Å²) in [6, 6.07) is 18.2. The van der Waals surface area contributed by atoms with E-state index in [0.717, 1.165) is 34.4 Å². The summed E-state index contributed by atoms with van der Waals surface area (Å²) < 4.78 is 5.44. The molecule has 5 N–H and O–H groups in total. The predicted octanol–water partition coefficient (Wildman–Crippen LogP) is 4.15. The Morgan fingerprint density at radius 1 is 1.11 bits per heavy atom. The van der Waals surface area contributed by atoms with Gasteiger partial charge in [0, 0.05) is 29.1 Å². The van der Waals surface area contributed by atoms with Gasteiger partial charge in [0.1, 0.15) is 18.4 Å². The molecule has 1 aliphatic carbocycles. The minimum atomic E-state index is -1.51. The molecule has 2 atom stereocenters. The van der Waals surface area contributed by atoms with E-state index in [2.05, 4.69) is 5.32 Å². The zero-order valence-corrected chi connectivity index (χ0v) is 19.3. The monoisotopic (exact) mass is 497 g/mol. The van der Waals surface area contributed by atoms with Crippen molar-refractivity contribution in [1.29, 1.82) is 0 Å². The van der Waals surface area contributed by atoms with Gasteiger partial charge in [-0.05, 0) is 34.7 Å². The molecule has 0 saturated heterocycles. The number of rotatable bonds is 8. The number of hydrogen-bond donors (Lipinski definition) is 4. The van der Waals surface area contributed by atoms with Crippen LogP contribution in [0.5, 0.6) is 0 Å². The van der Waals surface area contributed by atoms with Crippen LogP contribution in [0.15, 0.2) is 60.7 Å². The van der Waals surface area contributed by atoms with E-state index < -0.39 is 28.9 Å². The number of nitrogens with two attached hydrogens (primary N) is 1. The molecule has 9 nitrogen and oxygen atoms in total. The van der Waals surface area contributed by atoms with Crippen molar-refractivity contribution in [2.75, 3.05) is 18.9 Å². The molecule has 3 aromatic carbocycles. The molecule has 0 radical (unpaired) electrons. The van der Waals surface area contributed by atoms with Crippen molar-refractivity contribution in [3.05, 3.63) is 92.5 Å². The van der Waals surface area contributed by atoms with Crippen LogP contribution in [0.4, 0.5) is 16.2 Å². The molecule has 3 aromatic rings. The number of ether oxygens (including phenoxy) is 1. The van der Waals surface area contributed by atoms with Crippen molar-refractivity contribution in [3.63, 3.8) is 0 Å². The molecular formula is C25H24ClN3O6. The highest BCUT2D eigenvalue weighted by Gasteiger charge is 2.29. The molecule has 182 valence electrons. The Labute approximate surface area is 206 Å². The number of hydrogen-bond acceptors (Lipinski definition) is 7. The quantitative estimate of drug-likeness (QED) is 0.207. The van der Waals surface area contributed by atoms with Gasteiger partial charge in [-0.3, -0.25) is 10.1 Å². The van der Waals surface area contributed by atoms with E-state index in [9.17, 15) is 25.1 Å². The van der Waals surface area contributed by atoms with Crippen LogP contribution in [0.1, 0.15) is 35.1 Å². The average molecular weight is 498 g/mol. The molecule has 0 heterocycles. The SMILES string of the molecule is Nc1cc(Cl)c(C(O)C(O)CCNC(=O)OCC2c3ccccc3-c3ccccc32)cc1[N+](=O)[O-]. The number of nitro groups is 1. The maximum Gasteiger partial charge on any atom is 0.407 e. The van der Waals surface area contributed by atoms with Crippen LogP contribution in [0, 0.1) is 10.1 Å². The van der Waals surface area contributed by atoms with Crippen LogP contribution >= 0.6 is 11.6 Å². The number of aliphatic hydroxyl groups excluding tert-OH is 2. The number of nitrogens with one attached hydrogen (secondary N) is 1. The van der Waals surface area contributed by atoms with E-state index in [0.29, 0.717) is 0 Å². The number of nitrogens with zero attached hydrogens (tertiary/aromatic N) is 1. The van der Waals surface area contributed by atoms with E-state index in [1.807, 2.05) is 48.5 Å². The first-order chi connectivity index (χ1) is 16.8. The smallest absolute Gasteiger partial charge is 0.407 e. The molecular weight excluding hydrogens is 474 g/mol. The molecule has 1 aliphatic rings. The lowest BCUT2D eigenvalue weighted by molar-refractivity contribution is -0.384. The highest BCUT2D eigenvalue weighted by atomic mass is 35.5. The molecule has 35 heavy (non-hydrogen) atoms. The molecule has 10 heteroatoms. The zero-order valence-electron chi connectivity index (χ0n) is 18.6. The van der Waals surface area contributed by atoms with Gasteiger partial charge < -0.3 is 26.0 Å². The number of amides is 1. The van der Waals surface area contributed by atoms with Gasteiger partial charge in [-0.15, -0.1) is 0 Å². The third-order valence-corrected chi connectivity index (χ3v) is 6.41. The van der Waals surface area contributed by atoms with E-state index in [4.69, 9.17) is 22.1 Å². The number of nitro benzene ring substituents is 1. The molecule has 1 amide bonds. The molecule has 0 aliphatic heterocycles. The highest BCUT2D eigenvalue weighted by molar-refractivity contribution is 6.31. The minimum Gasteiger partial charge on any atom is -0.449 e. The first kappa shape index (κ1) is 24.5. The number of nitrogen functional groups attached to an aromatic ring is 1. The summed E-state index contributed by atoms with van der Waals surface area (Å²) in [6.07, 6.45) is -3.55. The van der Waals surface area contributed by atoms with Gasteiger partial charge in [-0.2, -0.15) is 0 Å². The average Bonchev–Trinajstić information content (AvgIpc) is 3.16. The molecule has 0 spiro atoms.